The van der Waals surface area contributed by atoms with E-state index < -0.39 is 11.1 Å². The fraction of sp³-hybridized carbons (Fsp3) is 0.353. The highest BCUT2D eigenvalue weighted by atomic mass is 16.5. The van der Waals surface area contributed by atoms with Crippen LogP contribution in [0.4, 0.5) is 0 Å². The molecule has 25 heavy (non-hydrogen) atoms. The van der Waals surface area contributed by atoms with Crippen molar-refractivity contribution in [3.8, 4) is 5.75 Å². The average Bonchev–Trinajstić information content (AvgIpc) is 2.58. The Balaban J connectivity index is 2.05. The number of rotatable bonds is 7. The van der Waals surface area contributed by atoms with Gasteiger partial charge in [0.25, 0.3) is 11.1 Å². The predicted molar refractivity (Wildman–Crippen MR) is 93.8 cm³/mol. The molecule has 0 saturated heterocycles. The number of methoxy groups -OCH3 is 1. The van der Waals surface area contributed by atoms with E-state index in [9.17, 15) is 14.4 Å². The van der Waals surface area contributed by atoms with Gasteiger partial charge in [0, 0.05) is 18.7 Å². The summed E-state index contributed by atoms with van der Waals surface area (Å²) in [4.78, 5) is 37.0. The Morgan fingerprint density at radius 2 is 2.04 bits per heavy atom. The summed E-state index contributed by atoms with van der Waals surface area (Å²) in [5, 5.41) is 5.12. The quantitative estimate of drug-likeness (QED) is 0.734. The highest BCUT2D eigenvalue weighted by molar-refractivity contribution is 5.75. The number of benzene rings is 1. The molecule has 134 valence electrons. The SMILES string of the molecule is COc1cccc([C@H](CNC(=O)Cn2[nH]c(=O)ccc2=O)N(C)C)c1. The third-order valence-corrected chi connectivity index (χ3v) is 3.78. The maximum Gasteiger partial charge on any atom is 0.265 e. The van der Waals surface area contributed by atoms with Gasteiger partial charge in [0.15, 0.2) is 0 Å². The molecule has 2 rings (SSSR count). The molecule has 1 amide bonds. The zero-order valence-corrected chi connectivity index (χ0v) is 14.5. The van der Waals surface area contributed by atoms with E-state index in [0.29, 0.717) is 6.54 Å². The standard InChI is InChI=1S/C17H22N4O4/c1-20(2)14(12-5-4-6-13(9-12)25-3)10-18-16(23)11-21-17(24)8-7-15(22)19-21/h4-9,14H,10-11H2,1-3H3,(H,18,23)(H,19,22)/t14-/m0/s1. The van der Waals surface area contributed by atoms with Crippen LogP contribution in [0.15, 0.2) is 46.0 Å². The van der Waals surface area contributed by atoms with E-state index in [1.54, 1.807) is 7.11 Å². The summed E-state index contributed by atoms with van der Waals surface area (Å²) < 4.78 is 6.22. The van der Waals surface area contributed by atoms with Crippen molar-refractivity contribution < 1.29 is 9.53 Å². The average molecular weight is 346 g/mol. The Labute approximate surface area is 145 Å². The van der Waals surface area contributed by atoms with Gasteiger partial charge in [-0.2, -0.15) is 0 Å². The number of H-pyrrole nitrogens is 1. The number of nitrogens with one attached hydrogen (secondary N) is 2. The Hall–Kier alpha value is -2.87. The van der Waals surface area contributed by atoms with Crippen molar-refractivity contribution >= 4 is 5.91 Å². The van der Waals surface area contributed by atoms with E-state index in [1.807, 2.05) is 43.3 Å². The minimum atomic E-state index is -0.438. The van der Waals surface area contributed by atoms with Gasteiger partial charge in [-0.3, -0.25) is 19.5 Å². The fourth-order valence-corrected chi connectivity index (χ4v) is 2.44. The van der Waals surface area contributed by atoms with Gasteiger partial charge in [-0.05, 0) is 31.8 Å². The van der Waals surface area contributed by atoms with Crippen LogP contribution >= 0.6 is 0 Å². The summed E-state index contributed by atoms with van der Waals surface area (Å²) in [7, 11) is 5.43. The van der Waals surface area contributed by atoms with Crippen LogP contribution in [-0.2, 0) is 11.3 Å². The maximum atomic E-state index is 12.1. The first-order chi connectivity index (χ1) is 11.9. The molecule has 0 bridgehead atoms. The van der Waals surface area contributed by atoms with Crippen LogP contribution in [0, 0.1) is 0 Å². The number of nitrogens with zero attached hydrogens (tertiary/aromatic N) is 2. The zero-order valence-electron chi connectivity index (χ0n) is 14.5. The topological polar surface area (TPSA) is 96.4 Å². The molecule has 1 aromatic heterocycles. The van der Waals surface area contributed by atoms with Gasteiger partial charge in [-0.25, -0.2) is 4.68 Å². The van der Waals surface area contributed by atoms with Gasteiger partial charge in [-0.15, -0.1) is 0 Å². The molecule has 2 aromatic rings. The summed E-state index contributed by atoms with van der Waals surface area (Å²) in [6.07, 6.45) is 0. The maximum absolute atomic E-state index is 12.1. The van der Waals surface area contributed by atoms with Crippen molar-refractivity contribution in [1.29, 1.82) is 0 Å². The van der Waals surface area contributed by atoms with Gasteiger partial charge in [0.1, 0.15) is 12.3 Å². The lowest BCUT2D eigenvalue weighted by atomic mass is 10.1. The van der Waals surface area contributed by atoms with E-state index in [4.69, 9.17) is 4.74 Å². The molecular formula is C17H22N4O4. The van der Waals surface area contributed by atoms with Crippen LogP contribution < -0.4 is 21.2 Å². The monoisotopic (exact) mass is 346 g/mol. The highest BCUT2D eigenvalue weighted by Gasteiger charge is 2.16. The van der Waals surface area contributed by atoms with Crippen molar-refractivity contribution in [3.05, 3.63) is 62.7 Å². The first kappa shape index (κ1) is 18.5. The van der Waals surface area contributed by atoms with E-state index in [-0.39, 0.29) is 18.5 Å². The molecule has 0 spiro atoms. The molecule has 0 unspecified atom stereocenters. The Kier molecular flexibility index (Phi) is 6.13. The normalized spacial score (nSPS) is 12.0. The number of carbonyl (C=O) groups is 1. The second-order valence-corrected chi connectivity index (χ2v) is 5.79. The second kappa shape index (κ2) is 8.29. The first-order valence-corrected chi connectivity index (χ1v) is 7.78. The van der Waals surface area contributed by atoms with Crippen molar-refractivity contribution in [2.24, 2.45) is 0 Å². The van der Waals surface area contributed by atoms with Crippen LogP contribution in [0.3, 0.4) is 0 Å². The fourth-order valence-electron chi connectivity index (χ4n) is 2.44. The molecule has 0 fully saturated rings. The minimum Gasteiger partial charge on any atom is -0.497 e. The number of aromatic amines is 1. The molecule has 0 aliphatic rings. The summed E-state index contributed by atoms with van der Waals surface area (Å²) in [5.41, 5.74) is 0.122. The molecular weight excluding hydrogens is 324 g/mol. The molecule has 0 aliphatic heterocycles. The van der Waals surface area contributed by atoms with Gasteiger partial charge in [0.05, 0.1) is 13.2 Å². The molecule has 0 aliphatic carbocycles. The van der Waals surface area contributed by atoms with Crippen LogP contribution in [-0.4, -0.2) is 48.3 Å². The molecule has 0 saturated carbocycles. The van der Waals surface area contributed by atoms with Crippen LogP contribution in [0.25, 0.3) is 0 Å². The predicted octanol–water partition coefficient (Wildman–Crippen LogP) is -0.0357. The Bertz CT molecular complexity index is 841. The first-order valence-electron chi connectivity index (χ1n) is 7.78. The molecule has 1 aromatic carbocycles. The lowest BCUT2D eigenvalue weighted by Crippen LogP contribution is -2.39. The molecule has 2 N–H and O–H groups in total. The molecule has 1 atom stereocenters. The second-order valence-electron chi connectivity index (χ2n) is 5.79. The number of hydrogen-bond donors (Lipinski definition) is 2. The largest absolute Gasteiger partial charge is 0.497 e. The minimum absolute atomic E-state index is 0.0643. The molecule has 0 radical (unpaired) electrons. The summed E-state index contributed by atoms with van der Waals surface area (Å²) >= 11 is 0. The third kappa shape index (κ3) is 5.05. The van der Waals surface area contributed by atoms with Crippen molar-refractivity contribution in [1.82, 2.24) is 20.0 Å². The van der Waals surface area contributed by atoms with Crippen molar-refractivity contribution in [2.75, 3.05) is 27.7 Å². The number of carbonyl (C=O) groups excluding carboxylic acids is 1. The van der Waals surface area contributed by atoms with Crippen LogP contribution in [0.2, 0.25) is 0 Å². The highest BCUT2D eigenvalue weighted by Crippen LogP contribution is 2.21. The van der Waals surface area contributed by atoms with Gasteiger partial charge < -0.3 is 15.0 Å². The van der Waals surface area contributed by atoms with E-state index in [2.05, 4.69) is 10.4 Å². The molecule has 1 heterocycles. The van der Waals surface area contributed by atoms with Crippen molar-refractivity contribution in [3.63, 3.8) is 0 Å². The zero-order chi connectivity index (χ0) is 18.4. The number of amides is 1. The lowest BCUT2D eigenvalue weighted by molar-refractivity contribution is -0.122. The number of ether oxygens (including phenoxy) is 1. The Morgan fingerprint density at radius 3 is 2.72 bits per heavy atom. The Morgan fingerprint density at radius 1 is 1.28 bits per heavy atom. The summed E-state index contributed by atoms with van der Waals surface area (Å²) in [5.74, 6) is 0.378. The smallest absolute Gasteiger partial charge is 0.265 e. The van der Waals surface area contributed by atoms with Crippen LogP contribution in [0.5, 0.6) is 5.75 Å². The summed E-state index contributed by atoms with van der Waals surface area (Å²) in [6, 6.07) is 9.81. The molecule has 8 heteroatoms. The van der Waals surface area contributed by atoms with Gasteiger partial charge in [-0.1, -0.05) is 12.1 Å². The van der Waals surface area contributed by atoms with E-state index >= 15 is 0 Å². The van der Waals surface area contributed by atoms with E-state index in [1.165, 1.54) is 0 Å². The van der Waals surface area contributed by atoms with Crippen molar-refractivity contribution in [2.45, 2.75) is 12.6 Å². The van der Waals surface area contributed by atoms with E-state index in [0.717, 1.165) is 28.1 Å². The summed E-state index contributed by atoms with van der Waals surface area (Å²) in [6.45, 7) is 0.109. The lowest BCUT2D eigenvalue weighted by Gasteiger charge is -2.25. The third-order valence-electron chi connectivity index (χ3n) is 3.78. The van der Waals surface area contributed by atoms with Gasteiger partial charge in [0.2, 0.25) is 5.91 Å². The number of hydrogen-bond acceptors (Lipinski definition) is 5. The molecule has 8 nitrogen and oxygen atoms in total. The number of likely N-dealkylation sites (N-methyl/N-ethyl adjacent to an activating group) is 1. The van der Waals surface area contributed by atoms with Gasteiger partial charge >= 0.3 is 0 Å². The number of aromatic nitrogens is 2. The van der Waals surface area contributed by atoms with Crippen LogP contribution in [0.1, 0.15) is 11.6 Å².